The standard InChI is InChI=1S/C51H32N2/c1-2-14-35(15-3-1)52-30-29-42-47(52)27-28-49-50(42)41-20-7-11-24-48(41)53(49)36-16-12-13-33(31-36)34-25-26-40-39-19-6-10-23-45(39)51(46(40)32-34)43-21-8-4-17-37(43)38-18-5-9-22-44(38)51/h1-32H. The summed E-state index contributed by atoms with van der Waals surface area (Å²) in [6.07, 6.45) is 2.20. The predicted molar refractivity (Wildman–Crippen MR) is 219 cm³/mol. The number of fused-ring (bicyclic) bond motifs is 15. The second-order valence-corrected chi connectivity index (χ2v) is 14.5. The highest BCUT2D eigenvalue weighted by Crippen LogP contribution is 2.63. The van der Waals surface area contributed by atoms with Crippen LogP contribution in [0, 0.1) is 0 Å². The molecule has 0 radical (unpaired) electrons. The molecule has 0 saturated carbocycles. The Hall–Kier alpha value is -6.90. The van der Waals surface area contributed by atoms with Crippen LogP contribution in [-0.4, -0.2) is 9.13 Å². The van der Waals surface area contributed by atoms with Crippen molar-refractivity contribution >= 4 is 32.7 Å². The van der Waals surface area contributed by atoms with Gasteiger partial charge in [-0.15, -0.1) is 0 Å². The summed E-state index contributed by atoms with van der Waals surface area (Å²) < 4.78 is 4.74. The van der Waals surface area contributed by atoms with Gasteiger partial charge in [0.05, 0.1) is 22.0 Å². The molecule has 53 heavy (non-hydrogen) atoms. The smallest absolute Gasteiger partial charge is 0.0725 e. The molecule has 0 aliphatic heterocycles. The van der Waals surface area contributed by atoms with E-state index in [1.54, 1.807) is 0 Å². The third kappa shape index (κ3) is 3.72. The molecule has 10 aromatic rings. The Kier molecular flexibility index (Phi) is 5.73. The van der Waals surface area contributed by atoms with Crippen molar-refractivity contribution in [3.8, 4) is 44.8 Å². The molecule has 0 N–H and O–H groups in total. The summed E-state index contributed by atoms with van der Waals surface area (Å²) in [6.45, 7) is 0. The number of aromatic nitrogens is 2. The topological polar surface area (TPSA) is 9.86 Å². The van der Waals surface area contributed by atoms with E-state index in [0.717, 1.165) is 5.69 Å². The van der Waals surface area contributed by atoms with Gasteiger partial charge in [-0.1, -0.05) is 133 Å². The highest BCUT2D eigenvalue weighted by Gasteiger charge is 2.51. The first-order chi connectivity index (χ1) is 26.3. The molecule has 8 aromatic carbocycles. The molecule has 0 amide bonds. The number of benzene rings is 8. The third-order valence-electron chi connectivity index (χ3n) is 12.0. The molecule has 1 spiro atoms. The van der Waals surface area contributed by atoms with Crippen LogP contribution in [0.15, 0.2) is 194 Å². The van der Waals surface area contributed by atoms with Crippen molar-refractivity contribution in [1.82, 2.24) is 9.13 Å². The van der Waals surface area contributed by atoms with Crippen molar-refractivity contribution in [2.75, 3.05) is 0 Å². The van der Waals surface area contributed by atoms with E-state index in [-0.39, 0.29) is 5.41 Å². The van der Waals surface area contributed by atoms with Crippen molar-refractivity contribution in [2.45, 2.75) is 5.41 Å². The molecule has 0 saturated heterocycles. The second kappa shape index (κ2) is 10.6. The molecule has 2 heterocycles. The van der Waals surface area contributed by atoms with E-state index >= 15 is 0 Å². The summed E-state index contributed by atoms with van der Waals surface area (Å²) in [5.74, 6) is 0. The van der Waals surface area contributed by atoms with Gasteiger partial charge in [-0.25, -0.2) is 0 Å². The number of rotatable bonds is 3. The Morgan fingerprint density at radius 3 is 1.64 bits per heavy atom. The largest absolute Gasteiger partial charge is 0.317 e. The summed E-state index contributed by atoms with van der Waals surface area (Å²) >= 11 is 0. The van der Waals surface area contributed by atoms with Crippen molar-refractivity contribution in [3.05, 3.63) is 217 Å². The first kappa shape index (κ1) is 28.8. The van der Waals surface area contributed by atoms with Crippen molar-refractivity contribution in [1.29, 1.82) is 0 Å². The zero-order valence-corrected chi connectivity index (χ0v) is 28.9. The zero-order chi connectivity index (χ0) is 34.7. The minimum atomic E-state index is -0.360. The summed E-state index contributed by atoms with van der Waals surface area (Å²) in [5, 5.41) is 3.81. The van der Waals surface area contributed by atoms with Crippen LogP contribution in [0.2, 0.25) is 0 Å². The molecule has 0 atom stereocenters. The molecule has 0 bridgehead atoms. The predicted octanol–water partition coefficient (Wildman–Crippen LogP) is 12.7. The average molecular weight is 673 g/mol. The molecule has 2 aliphatic rings. The Morgan fingerprint density at radius 1 is 0.340 bits per heavy atom. The van der Waals surface area contributed by atoms with Crippen LogP contribution in [0.5, 0.6) is 0 Å². The summed E-state index contributed by atoms with van der Waals surface area (Å²) in [6, 6.07) is 69.7. The van der Waals surface area contributed by atoms with Crippen molar-refractivity contribution < 1.29 is 0 Å². The molecule has 2 heteroatoms. The van der Waals surface area contributed by atoms with E-state index in [9.17, 15) is 0 Å². The molecular weight excluding hydrogens is 641 g/mol. The molecule has 246 valence electrons. The number of para-hydroxylation sites is 2. The van der Waals surface area contributed by atoms with Gasteiger partial charge in [0.15, 0.2) is 0 Å². The van der Waals surface area contributed by atoms with Gasteiger partial charge in [-0.2, -0.15) is 0 Å². The number of nitrogens with zero attached hydrogens (tertiary/aromatic N) is 2. The maximum atomic E-state index is 2.48. The van der Waals surface area contributed by atoms with Gasteiger partial charge in [-0.3, -0.25) is 0 Å². The van der Waals surface area contributed by atoms with Gasteiger partial charge in [0.25, 0.3) is 0 Å². The molecule has 2 aromatic heterocycles. The van der Waals surface area contributed by atoms with Crippen molar-refractivity contribution in [2.24, 2.45) is 0 Å². The minimum absolute atomic E-state index is 0.360. The van der Waals surface area contributed by atoms with Gasteiger partial charge in [0, 0.05) is 33.7 Å². The van der Waals surface area contributed by atoms with Gasteiger partial charge < -0.3 is 9.13 Å². The lowest BCUT2D eigenvalue weighted by Gasteiger charge is -2.30. The van der Waals surface area contributed by atoms with Crippen LogP contribution in [-0.2, 0) is 5.41 Å². The fourth-order valence-corrected chi connectivity index (χ4v) is 9.88. The zero-order valence-electron chi connectivity index (χ0n) is 28.9. The van der Waals surface area contributed by atoms with Crippen LogP contribution in [0.4, 0.5) is 0 Å². The van der Waals surface area contributed by atoms with Gasteiger partial charge in [-0.05, 0) is 110 Å². The Balaban J connectivity index is 1.06. The van der Waals surface area contributed by atoms with E-state index in [1.807, 2.05) is 0 Å². The molecular formula is C51H32N2. The highest BCUT2D eigenvalue weighted by molar-refractivity contribution is 6.21. The molecule has 2 nitrogen and oxygen atoms in total. The van der Waals surface area contributed by atoms with Crippen LogP contribution in [0.3, 0.4) is 0 Å². The molecule has 2 aliphatic carbocycles. The Morgan fingerprint density at radius 2 is 0.906 bits per heavy atom. The highest BCUT2D eigenvalue weighted by atomic mass is 15.0. The van der Waals surface area contributed by atoms with Crippen LogP contribution < -0.4 is 0 Å². The van der Waals surface area contributed by atoms with E-state index in [1.165, 1.54) is 94.0 Å². The lowest BCUT2D eigenvalue weighted by atomic mass is 9.70. The maximum Gasteiger partial charge on any atom is 0.0725 e. The van der Waals surface area contributed by atoms with E-state index in [4.69, 9.17) is 0 Å². The van der Waals surface area contributed by atoms with E-state index in [2.05, 4.69) is 203 Å². The fraction of sp³-hybridized carbons (Fsp3) is 0.0196. The molecule has 0 fully saturated rings. The average Bonchev–Trinajstić information content (AvgIpc) is 3.97. The van der Waals surface area contributed by atoms with Crippen LogP contribution >= 0.6 is 0 Å². The monoisotopic (exact) mass is 672 g/mol. The second-order valence-electron chi connectivity index (χ2n) is 14.5. The summed E-state index contributed by atoms with van der Waals surface area (Å²) in [7, 11) is 0. The van der Waals surface area contributed by atoms with E-state index in [0.29, 0.717) is 0 Å². The summed E-state index contributed by atoms with van der Waals surface area (Å²) in [4.78, 5) is 0. The third-order valence-corrected chi connectivity index (χ3v) is 12.0. The Bertz CT molecular complexity index is 3060. The normalized spacial score (nSPS) is 13.4. The first-order valence-electron chi connectivity index (χ1n) is 18.4. The SMILES string of the molecule is c1ccc(-n2ccc3c4c5ccccc5n(-c5cccc(-c6ccc7c(c6)C6(c8ccccc8-c8ccccc86)c6ccccc6-7)c5)c4ccc32)cc1. The lowest BCUT2D eigenvalue weighted by Crippen LogP contribution is -2.25. The Labute approximate surface area is 307 Å². The van der Waals surface area contributed by atoms with Gasteiger partial charge in [0.2, 0.25) is 0 Å². The quantitative estimate of drug-likeness (QED) is 0.177. The minimum Gasteiger partial charge on any atom is -0.317 e. The van der Waals surface area contributed by atoms with E-state index < -0.39 is 0 Å². The lowest BCUT2D eigenvalue weighted by molar-refractivity contribution is 0.794. The van der Waals surface area contributed by atoms with Crippen LogP contribution in [0.1, 0.15) is 22.3 Å². The molecule has 0 unspecified atom stereocenters. The maximum absolute atomic E-state index is 2.48. The molecule has 12 rings (SSSR count). The van der Waals surface area contributed by atoms with Crippen LogP contribution in [0.25, 0.3) is 77.5 Å². The first-order valence-corrected chi connectivity index (χ1v) is 18.4. The van der Waals surface area contributed by atoms with Gasteiger partial charge in [0.1, 0.15) is 0 Å². The number of hydrogen-bond acceptors (Lipinski definition) is 0. The number of hydrogen-bond donors (Lipinski definition) is 0. The van der Waals surface area contributed by atoms with Crippen molar-refractivity contribution in [3.63, 3.8) is 0 Å². The fourth-order valence-electron chi connectivity index (χ4n) is 9.88. The van der Waals surface area contributed by atoms with Gasteiger partial charge >= 0.3 is 0 Å². The summed E-state index contributed by atoms with van der Waals surface area (Å²) in [5.41, 5.74) is 18.8.